The Balaban J connectivity index is 1.34. The van der Waals surface area contributed by atoms with Gasteiger partial charge in [-0.25, -0.2) is 13.6 Å². The standard InChI is InChI=1S/C25H19F2N3O4S/c1-12-19(11-16-15-4-3-5-18(27)22(15)29-23(16)31)28-13(2)21(12)25(33)34-9-8-30-24(32)17-10-14(26)6-7-20(17)35-30/h3-7,10-11,28H,8-9H2,1-2H3,(H,29,31)/b16-11-. The number of amides is 1. The molecule has 0 radical (unpaired) electrons. The maximum Gasteiger partial charge on any atom is 0.340 e. The molecule has 0 fully saturated rings. The number of ether oxygens (including phenoxy) is 1. The predicted molar refractivity (Wildman–Crippen MR) is 129 cm³/mol. The number of para-hydroxylation sites is 1. The lowest BCUT2D eigenvalue weighted by atomic mass is 10.0. The lowest BCUT2D eigenvalue weighted by molar-refractivity contribution is -0.110. The summed E-state index contributed by atoms with van der Waals surface area (Å²) in [6, 6.07) is 8.46. The van der Waals surface area contributed by atoms with Gasteiger partial charge < -0.3 is 15.0 Å². The number of benzene rings is 2. The van der Waals surface area contributed by atoms with E-state index in [1.54, 1.807) is 32.1 Å². The quantitative estimate of drug-likeness (QED) is 0.312. The van der Waals surface area contributed by atoms with Gasteiger partial charge in [0.15, 0.2) is 0 Å². The minimum absolute atomic E-state index is 0.0520. The van der Waals surface area contributed by atoms with Crippen molar-refractivity contribution < 1.29 is 23.1 Å². The maximum absolute atomic E-state index is 14.0. The summed E-state index contributed by atoms with van der Waals surface area (Å²) in [5.41, 5.74) is 2.49. The largest absolute Gasteiger partial charge is 0.460 e. The number of aromatic nitrogens is 2. The molecule has 2 aromatic carbocycles. The van der Waals surface area contributed by atoms with Crippen LogP contribution in [0.2, 0.25) is 0 Å². The normalized spacial score (nSPS) is 13.9. The zero-order valence-electron chi connectivity index (χ0n) is 18.7. The Morgan fingerprint density at radius 3 is 2.77 bits per heavy atom. The number of hydrogen-bond donors (Lipinski definition) is 2. The number of aryl methyl sites for hydroxylation is 1. The van der Waals surface area contributed by atoms with Crippen LogP contribution in [-0.4, -0.2) is 27.4 Å². The van der Waals surface area contributed by atoms with Crippen LogP contribution in [0.25, 0.3) is 21.7 Å². The molecule has 0 bridgehead atoms. The van der Waals surface area contributed by atoms with Crippen LogP contribution >= 0.6 is 11.5 Å². The second-order valence-corrected chi connectivity index (χ2v) is 9.18. The topological polar surface area (TPSA) is 93.2 Å². The monoisotopic (exact) mass is 495 g/mol. The van der Waals surface area contributed by atoms with Gasteiger partial charge in [-0.05, 0) is 49.8 Å². The van der Waals surface area contributed by atoms with Crippen molar-refractivity contribution in [2.45, 2.75) is 20.4 Å². The van der Waals surface area contributed by atoms with Crippen LogP contribution in [0.3, 0.4) is 0 Å². The average Bonchev–Trinajstić information content (AvgIpc) is 3.41. The number of carbonyl (C=O) groups excluding carboxylic acids is 2. The number of nitrogens with zero attached hydrogens (tertiary/aromatic N) is 1. The molecule has 2 N–H and O–H groups in total. The molecule has 1 aliphatic heterocycles. The van der Waals surface area contributed by atoms with Crippen molar-refractivity contribution in [1.82, 2.24) is 8.94 Å². The molecule has 0 unspecified atom stereocenters. The minimum Gasteiger partial charge on any atom is -0.460 e. The summed E-state index contributed by atoms with van der Waals surface area (Å²) >= 11 is 1.17. The van der Waals surface area contributed by atoms with Crippen molar-refractivity contribution in [2.75, 3.05) is 11.9 Å². The highest BCUT2D eigenvalue weighted by molar-refractivity contribution is 7.13. The van der Waals surface area contributed by atoms with Crippen LogP contribution in [0.4, 0.5) is 14.5 Å². The summed E-state index contributed by atoms with van der Waals surface area (Å²) in [6.07, 6.45) is 1.58. The molecule has 1 aliphatic rings. The maximum atomic E-state index is 14.0. The Morgan fingerprint density at radius 2 is 1.97 bits per heavy atom. The summed E-state index contributed by atoms with van der Waals surface area (Å²) in [6.45, 7) is 3.51. The second-order valence-electron chi connectivity index (χ2n) is 8.11. The van der Waals surface area contributed by atoms with E-state index >= 15 is 0 Å². The third kappa shape index (κ3) is 3.95. The van der Waals surface area contributed by atoms with E-state index in [0.717, 1.165) is 0 Å². The van der Waals surface area contributed by atoms with Gasteiger partial charge in [-0.3, -0.25) is 13.5 Å². The van der Waals surface area contributed by atoms with E-state index in [0.29, 0.717) is 32.8 Å². The van der Waals surface area contributed by atoms with Gasteiger partial charge in [-0.15, -0.1) is 0 Å². The molecular formula is C25H19F2N3O4S. The molecule has 1 amide bonds. The first-order valence-corrected chi connectivity index (χ1v) is 11.5. The van der Waals surface area contributed by atoms with Crippen LogP contribution in [-0.2, 0) is 16.1 Å². The number of H-pyrrole nitrogens is 1. The number of carbonyl (C=O) groups is 2. The van der Waals surface area contributed by atoms with Gasteiger partial charge in [0.25, 0.3) is 11.5 Å². The van der Waals surface area contributed by atoms with Crippen molar-refractivity contribution >= 4 is 50.8 Å². The second kappa shape index (κ2) is 8.62. The van der Waals surface area contributed by atoms with Crippen LogP contribution in [0.5, 0.6) is 0 Å². The molecule has 178 valence electrons. The van der Waals surface area contributed by atoms with Gasteiger partial charge in [-0.2, -0.15) is 0 Å². The molecular weight excluding hydrogens is 476 g/mol. The number of nitrogens with one attached hydrogen (secondary N) is 2. The molecule has 2 aromatic heterocycles. The highest BCUT2D eigenvalue weighted by atomic mass is 32.1. The van der Waals surface area contributed by atoms with Crippen molar-refractivity contribution in [3.05, 3.63) is 86.5 Å². The van der Waals surface area contributed by atoms with Gasteiger partial charge in [-0.1, -0.05) is 23.7 Å². The molecule has 5 rings (SSSR count). The fourth-order valence-corrected chi connectivity index (χ4v) is 5.13. The third-order valence-electron chi connectivity index (χ3n) is 5.89. The number of esters is 1. The van der Waals surface area contributed by atoms with Crippen LogP contribution in [0.15, 0.2) is 41.2 Å². The number of fused-ring (bicyclic) bond motifs is 2. The van der Waals surface area contributed by atoms with Gasteiger partial charge in [0.05, 0.1) is 33.5 Å². The Bertz CT molecular complexity index is 1610. The molecule has 0 aliphatic carbocycles. The van der Waals surface area contributed by atoms with E-state index in [1.165, 1.54) is 39.8 Å². The van der Waals surface area contributed by atoms with E-state index < -0.39 is 23.5 Å². The summed E-state index contributed by atoms with van der Waals surface area (Å²) < 4.78 is 34.9. The molecule has 7 nitrogen and oxygen atoms in total. The number of rotatable bonds is 5. The lowest BCUT2D eigenvalue weighted by Gasteiger charge is -2.05. The summed E-state index contributed by atoms with van der Waals surface area (Å²) in [5.74, 6) is -2.03. The predicted octanol–water partition coefficient (Wildman–Crippen LogP) is 4.64. The Morgan fingerprint density at radius 1 is 1.17 bits per heavy atom. The van der Waals surface area contributed by atoms with E-state index in [-0.39, 0.29) is 35.4 Å². The van der Waals surface area contributed by atoms with E-state index in [1.807, 2.05) is 0 Å². The van der Waals surface area contributed by atoms with Gasteiger partial charge >= 0.3 is 5.97 Å². The Hall–Kier alpha value is -4.05. The highest BCUT2D eigenvalue weighted by Gasteiger charge is 2.28. The summed E-state index contributed by atoms with van der Waals surface area (Å²) in [5, 5.41) is 2.81. The van der Waals surface area contributed by atoms with Gasteiger partial charge in [0.2, 0.25) is 0 Å². The van der Waals surface area contributed by atoms with Crippen LogP contribution < -0.4 is 10.9 Å². The molecule has 35 heavy (non-hydrogen) atoms. The summed E-state index contributed by atoms with van der Waals surface area (Å²) in [4.78, 5) is 40.7. The molecule has 10 heteroatoms. The Labute approximate surface area is 201 Å². The molecule has 3 heterocycles. The fourth-order valence-electron chi connectivity index (χ4n) is 4.18. The first kappa shape index (κ1) is 22.7. The highest BCUT2D eigenvalue weighted by Crippen LogP contribution is 2.35. The van der Waals surface area contributed by atoms with E-state index in [9.17, 15) is 23.2 Å². The molecule has 0 saturated carbocycles. The van der Waals surface area contributed by atoms with Crippen molar-refractivity contribution in [3.63, 3.8) is 0 Å². The summed E-state index contributed by atoms with van der Waals surface area (Å²) in [7, 11) is 0. The smallest absolute Gasteiger partial charge is 0.340 e. The van der Waals surface area contributed by atoms with Crippen LogP contribution in [0, 0.1) is 25.5 Å². The van der Waals surface area contributed by atoms with E-state index in [4.69, 9.17) is 4.74 Å². The zero-order valence-corrected chi connectivity index (χ0v) is 19.5. The molecule has 0 saturated heterocycles. The first-order valence-electron chi connectivity index (χ1n) is 10.7. The lowest BCUT2D eigenvalue weighted by Crippen LogP contribution is -2.18. The van der Waals surface area contributed by atoms with Gasteiger partial charge in [0.1, 0.15) is 18.2 Å². The number of halogens is 2. The number of aromatic amines is 1. The number of anilines is 1. The fraction of sp³-hybridized carbons (Fsp3) is 0.160. The molecule has 4 aromatic rings. The Kier molecular flexibility index (Phi) is 5.60. The van der Waals surface area contributed by atoms with Crippen molar-refractivity contribution in [1.29, 1.82) is 0 Å². The van der Waals surface area contributed by atoms with Crippen molar-refractivity contribution in [2.24, 2.45) is 0 Å². The minimum atomic E-state index is -0.580. The SMILES string of the molecule is Cc1[nH]c(/C=C2\C(=O)Nc3c(F)cccc32)c(C)c1C(=O)OCCn1sc2ccc(F)cc2c1=O. The van der Waals surface area contributed by atoms with E-state index in [2.05, 4.69) is 10.3 Å². The van der Waals surface area contributed by atoms with Crippen LogP contribution in [0.1, 0.15) is 32.9 Å². The third-order valence-corrected chi connectivity index (χ3v) is 7.01. The van der Waals surface area contributed by atoms with Crippen molar-refractivity contribution in [3.8, 4) is 0 Å². The molecule has 0 spiro atoms. The zero-order chi connectivity index (χ0) is 24.9. The van der Waals surface area contributed by atoms with Gasteiger partial charge in [0, 0.05) is 17.0 Å². The average molecular weight is 496 g/mol. The number of hydrogen-bond acceptors (Lipinski definition) is 5. The first-order chi connectivity index (χ1) is 16.7. The molecule has 0 atom stereocenters.